The molecule has 0 bridgehead atoms. The van der Waals surface area contributed by atoms with Crippen LogP contribution in [0.2, 0.25) is 0 Å². The summed E-state index contributed by atoms with van der Waals surface area (Å²) >= 11 is 0. The highest BCUT2D eigenvalue weighted by Crippen LogP contribution is 2.16. The summed E-state index contributed by atoms with van der Waals surface area (Å²) in [5, 5.41) is 6.47. The number of carbonyl (C=O) groups excluding carboxylic acids is 1. The first kappa shape index (κ1) is 23.9. The number of nitrogens with zero attached hydrogens (tertiary/aromatic N) is 5. The second-order valence-electron chi connectivity index (χ2n) is 8.29. The van der Waals surface area contributed by atoms with Crippen LogP contribution >= 0.6 is 0 Å². The average Bonchev–Trinajstić information content (AvgIpc) is 3.54. The normalized spacial score (nSPS) is 14.5. The monoisotopic (exact) mass is 488 g/mol. The SMILES string of the molecule is Cc1c(NC(=O)Cc2noc(CCCS(=O)(=O)N3CCCC3)n2)c(=O)n(-c2ccccc2)n1C. The molecule has 0 aliphatic carbocycles. The van der Waals surface area contributed by atoms with Crippen molar-refractivity contribution >= 4 is 21.6 Å². The average molecular weight is 489 g/mol. The molecular weight excluding hydrogens is 460 g/mol. The van der Waals surface area contributed by atoms with Gasteiger partial charge < -0.3 is 9.84 Å². The minimum absolute atomic E-state index is 0.0200. The highest BCUT2D eigenvalue weighted by molar-refractivity contribution is 7.89. The highest BCUT2D eigenvalue weighted by Gasteiger charge is 2.25. The van der Waals surface area contributed by atoms with E-state index in [0.717, 1.165) is 12.8 Å². The van der Waals surface area contributed by atoms with Gasteiger partial charge in [0, 0.05) is 26.6 Å². The number of para-hydroxylation sites is 1. The first-order valence-corrected chi connectivity index (χ1v) is 12.8. The molecule has 0 spiro atoms. The Morgan fingerprint density at radius 2 is 1.88 bits per heavy atom. The molecule has 3 aromatic rings. The van der Waals surface area contributed by atoms with Gasteiger partial charge in [-0.05, 0) is 38.3 Å². The van der Waals surface area contributed by atoms with Crippen LogP contribution in [0.4, 0.5) is 5.69 Å². The fourth-order valence-electron chi connectivity index (χ4n) is 4.00. The molecule has 0 unspecified atom stereocenters. The predicted octanol–water partition coefficient (Wildman–Crippen LogP) is 1.41. The Balaban J connectivity index is 1.35. The molecule has 1 fully saturated rings. The second kappa shape index (κ2) is 9.94. The molecule has 0 saturated carbocycles. The third-order valence-electron chi connectivity index (χ3n) is 5.90. The van der Waals surface area contributed by atoms with Gasteiger partial charge in [-0.1, -0.05) is 23.4 Å². The zero-order chi connectivity index (χ0) is 24.3. The summed E-state index contributed by atoms with van der Waals surface area (Å²) in [4.78, 5) is 29.7. The smallest absolute Gasteiger partial charge is 0.295 e. The maximum atomic E-state index is 12.9. The van der Waals surface area contributed by atoms with Gasteiger partial charge in [0.1, 0.15) is 5.69 Å². The van der Waals surface area contributed by atoms with E-state index < -0.39 is 15.9 Å². The van der Waals surface area contributed by atoms with Gasteiger partial charge in [0.2, 0.25) is 21.8 Å². The third kappa shape index (κ3) is 5.12. The van der Waals surface area contributed by atoms with Crippen LogP contribution in [0.15, 0.2) is 39.6 Å². The lowest BCUT2D eigenvalue weighted by Crippen LogP contribution is -2.30. The number of amides is 1. The maximum Gasteiger partial charge on any atom is 0.295 e. The standard InChI is InChI=1S/C22H28N6O5S/c1-16-21(22(30)28(26(16)2)17-9-4-3-5-10-17)24-19(29)15-18-23-20(33-25-18)11-8-14-34(31,32)27-12-6-7-13-27/h3-5,9-10H,6-8,11-15H2,1-2H3,(H,24,29). The number of anilines is 1. The van der Waals surface area contributed by atoms with E-state index in [4.69, 9.17) is 4.52 Å². The molecule has 0 radical (unpaired) electrons. The number of aryl methyl sites for hydroxylation is 1. The van der Waals surface area contributed by atoms with Crippen LogP contribution in [0.25, 0.3) is 5.69 Å². The quantitative estimate of drug-likeness (QED) is 0.481. The number of nitrogens with one attached hydrogen (secondary N) is 1. The fourth-order valence-corrected chi connectivity index (χ4v) is 5.59. The van der Waals surface area contributed by atoms with E-state index in [0.29, 0.717) is 37.3 Å². The number of benzene rings is 1. The lowest BCUT2D eigenvalue weighted by Gasteiger charge is -2.14. The Kier molecular flexibility index (Phi) is 6.98. The third-order valence-corrected chi connectivity index (χ3v) is 7.86. The van der Waals surface area contributed by atoms with E-state index in [-0.39, 0.29) is 35.1 Å². The van der Waals surface area contributed by atoms with E-state index in [1.54, 1.807) is 18.7 Å². The number of sulfonamides is 1. The van der Waals surface area contributed by atoms with Crippen molar-refractivity contribution in [3.8, 4) is 5.69 Å². The molecule has 3 heterocycles. The van der Waals surface area contributed by atoms with Crippen molar-refractivity contribution in [2.24, 2.45) is 7.05 Å². The Bertz CT molecular complexity index is 1320. The van der Waals surface area contributed by atoms with Gasteiger partial charge >= 0.3 is 0 Å². The van der Waals surface area contributed by atoms with E-state index in [1.165, 1.54) is 8.99 Å². The molecule has 1 aliphatic rings. The van der Waals surface area contributed by atoms with Crippen LogP contribution in [0.5, 0.6) is 0 Å². The zero-order valence-corrected chi connectivity index (χ0v) is 20.0. The molecule has 12 heteroatoms. The summed E-state index contributed by atoms with van der Waals surface area (Å²) < 4.78 is 34.4. The predicted molar refractivity (Wildman–Crippen MR) is 125 cm³/mol. The zero-order valence-electron chi connectivity index (χ0n) is 19.2. The minimum Gasteiger partial charge on any atom is -0.339 e. The van der Waals surface area contributed by atoms with Gasteiger partial charge in [0.15, 0.2) is 5.82 Å². The molecule has 34 heavy (non-hydrogen) atoms. The van der Waals surface area contributed by atoms with Gasteiger partial charge in [-0.25, -0.2) is 17.4 Å². The minimum atomic E-state index is -3.26. The molecule has 0 atom stereocenters. The van der Waals surface area contributed by atoms with E-state index in [1.807, 2.05) is 30.3 Å². The molecule has 1 N–H and O–H groups in total. The van der Waals surface area contributed by atoms with Crippen LogP contribution < -0.4 is 10.9 Å². The van der Waals surface area contributed by atoms with Crippen molar-refractivity contribution in [1.82, 2.24) is 23.8 Å². The molecule has 4 rings (SSSR count). The number of aromatic nitrogens is 4. The van der Waals surface area contributed by atoms with Crippen molar-refractivity contribution in [3.05, 3.63) is 58.1 Å². The van der Waals surface area contributed by atoms with Crippen LogP contribution in [0, 0.1) is 6.92 Å². The van der Waals surface area contributed by atoms with Gasteiger partial charge in [-0.15, -0.1) is 0 Å². The molecule has 1 amide bonds. The number of hydrogen-bond donors (Lipinski definition) is 1. The largest absolute Gasteiger partial charge is 0.339 e. The molecule has 182 valence electrons. The van der Waals surface area contributed by atoms with E-state index in [9.17, 15) is 18.0 Å². The van der Waals surface area contributed by atoms with Crippen molar-refractivity contribution < 1.29 is 17.7 Å². The van der Waals surface area contributed by atoms with E-state index in [2.05, 4.69) is 15.5 Å². The first-order valence-electron chi connectivity index (χ1n) is 11.2. The molecule has 11 nitrogen and oxygen atoms in total. The lowest BCUT2D eigenvalue weighted by molar-refractivity contribution is -0.115. The molecular formula is C22H28N6O5S. The van der Waals surface area contributed by atoms with Crippen LogP contribution in [0.3, 0.4) is 0 Å². The molecule has 2 aromatic heterocycles. The van der Waals surface area contributed by atoms with Crippen molar-refractivity contribution in [1.29, 1.82) is 0 Å². The van der Waals surface area contributed by atoms with Gasteiger partial charge in [0.05, 0.1) is 23.6 Å². The number of carbonyl (C=O) groups is 1. The molecule has 1 aromatic carbocycles. The highest BCUT2D eigenvalue weighted by atomic mass is 32.2. The number of rotatable bonds is 9. The van der Waals surface area contributed by atoms with Gasteiger partial charge in [-0.2, -0.15) is 4.98 Å². The van der Waals surface area contributed by atoms with Crippen LogP contribution in [-0.2, 0) is 34.7 Å². The van der Waals surface area contributed by atoms with Crippen molar-refractivity contribution in [3.63, 3.8) is 0 Å². The Morgan fingerprint density at radius 3 is 2.59 bits per heavy atom. The fraction of sp³-hybridized carbons (Fsp3) is 0.455. The summed E-state index contributed by atoms with van der Waals surface area (Å²) in [6.45, 7) is 2.91. The number of hydrogen-bond acceptors (Lipinski definition) is 7. The van der Waals surface area contributed by atoms with Crippen molar-refractivity contribution in [2.75, 3.05) is 24.2 Å². The molecule has 1 aliphatic heterocycles. The van der Waals surface area contributed by atoms with Crippen LogP contribution in [-0.4, -0.2) is 57.0 Å². The Morgan fingerprint density at radius 1 is 1.18 bits per heavy atom. The molecule has 1 saturated heterocycles. The summed E-state index contributed by atoms with van der Waals surface area (Å²) in [7, 11) is -1.52. The first-order chi connectivity index (χ1) is 16.3. The van der Waals surface area contributed by atoms with Crippen LogP contribution in [0.1, 0.15) is 36.7 Å². The van der Waals surface area contributed by atoms with Crippen molar-refractivity contribution in [2.45, 2.75) is 39.0 Å². The summed E-state index contributed by atoms with van der Waals surface area (Å²) in [6.07, 6.45) is 2.29. The maximum absolute atomic E-state index is 12.9. The Hall–Kier alpha value is -3.25. The second-order valence-corrected chi connectivity index (χ2v) is 10.4. The summed E-state index contributed by atoms with van der Waals surface area (Å²) in [6, 6.07) is 9.14. The van der Waals surface area contributed by atoms with Gasteiger partial charge in [0.25, 0.3) is 5.56 Å². The lowest BCUT2D eigenvalue weighted by atomic mass is 10.3. The summed E-state index contributed by atoms with van der Waals surface area (Å²) in [5.41, 5.74) is 1.14. The van der Waals surface area contributed by atoms with Gasteiger partial charge in [-0.3, -0.25) is 14.3 Å². The Labute approximate surface area is 197 Å². The van der Waals surface area contributed by atoms with E-state index >= 15 is 0 Å². The topological polar surface area (TPSA) is 132 Å². The summed E-state index contributed by atoms with van der Waals surface area (Å²) in [5.74, 6) is 0.0233.